The van der Waals surface area contributed by atoms with Gasteiger partial charge in [0.2, 0.25) is 0 Å². The van der Waals surface area contributed by atoms with Gasteiger partial charge in [-0.3, -0.25) is 9.67 Å². The fourth-order valence-corrected chi connectivity index (χ4v) is 2.89. The summed E-state index contributed by atoms with van der Waals surface area (Å²) in [7, 11) is 5.92. The molecule has 0 aliphatic carbocycles. The van der Waals surface area contributed by atoms with Gasteiger partial charge in [0.1, 0.15) is 0 Å². The molecular formula is C20H32N6. The fourth-order valence-electron chi connectivity index (χ4n) is 2.89. The van der Waals surface area contributed by atoms with E-state index in [1.807, 2.05) is 6.92 Å². The molecule has 2 aromatic rings. The molecule has 1 aromatic carbocycles. The van der Waals surface area contributed by atoms with Gasteiger partial charge < -0.3 is 15.5 Å². The van der Waals surface area contributed by atoms with Crippen LogP contribution in [-0.4, -0.2) is 43.4 Å². The van der Waals surface area contributed by atoms with Crippen molar-refractivity contribution >= 4 is 11.6 Å². The molecule has 1 heterocycles. The molecule has 0 amide bonds. The second-order valence-electron chi connectivity index (χ2n) is 6.86. The number of hydrogen-bond acceptors (Lipinski definition) is 3. The van der Waals surface area contributed by atoms with E-state index in [1.165, 1.54) is 22.5 Å². The molecule has 6 nitrogen and oxygen atoms in total. The molecule has 142 valence electrons. The maximum atomic E-state index is 4.49. The van der Waals surface area contributed by atoms with Gasteiger partial charge in [-0.1, -0.05) is 6.07 Å². The van der Waals surface area contributed by atoms with Gasteiger partial charge in [-0.15, -0.1) is 0 Å². The highest BCUT2D eigenvalue weighted by Crippen LogP contribution is 2.17. The molecule has 0 radical (unpaired) electrons. The lowest BCUT2D eigenvalue weighted by atomic mass is 10.1. The van der Waals surface area contributed by atoms with Crippen LogP contribution in [-0.2, 0) is 13.1 Å². The van der Waals surface area contributed by atoms with Gasteiger partial charge in [0.25, 0.3) is 0 Å². The van der Waals surface area contributed by atoms with Gasteiger partial charge >= 0.3 is 0 Å². The van der Waals surface area contributed by atoms with Crippen LogP contribution in [0.15, 0.2) is 29.3 Å². The molecule has 6 heteroatoms. The molecule has 26 heavy (non-hydrogen) atoms. The Hall–Kier alpha value is -2.50. The largest absolute Gasteiger partial charge is 0.378 e. The summed E-state index contributed by atoms with van der Waals surface area (Å²) in [6, 6.07) is 8.64. The van der Waals surface area contributed by atoms with Crippen molar-refractivity contribution in [2.45, 2.75) is 40.3 Å². The van der Waals surface area contributed by atoms with Crippen LogP contribution in [0.25, 0.3) is 0 Å². The number of rotatable bonds is 7. The summed E-state index contributed by atoms with van der Waals surface area (Å²) in [4.78, 5) is 6.43. The summed E-state index contributed by atoms with van der Waals surface area (Å²) in [5.74, 6) is 0.828. The Kier molecular flexibility index (Phi) is 7.06. The molecule has 0 aliphatic heterocycles. The van der Waals surface area contributed by atoms with Crippen molar-refractivity contribution in [3.8, 4) is 0 Å². The number of guanidine groups is 1. The van der Waals surface area contributed by atoms with Crippen molar-refractivity contribution < 1.29 is 0 Å². The van der Waals surface area contributed by atoms with Crippen molar-refractivity contribution in [3.05, 3.63) is 46.8 Å². The second kappa shape index (κ2) is 9.27. The monoisotopic (exact) mass is 356 g/mol. The van der Waals surface area contributed by atoms with Crippen molar-refractivity contribution in [1.29, 1.82) is 0 Å². The van der Waals surface area contributed by atoms with E-state index in [1.54, 1.807) is 7.05 Å². The number of nitrogens with one attached hydrogen (secondary N) is 2. The third kappa shape index (κ3) is 5.51. The first-order chi connectivity index (χ1) is 12.4. The molecule has 0 saturated carbocycles. The molecule has 0 aliphatic rings. The van der Waals surface area contributed by atoms with Gasteiger partial charge in [-0.2, -0.15) is 5.10 Å². The number of hydrogen-bond donors (Lipinski definition) is 2. The molecule has 0 bridgehead atoms. The Labute approximate surface area is 157 Å². The summed E-state index contributed by atoms with van der Waals surface area (Å²) in [6.45, 7) is 8.80. The van der Waals surface area contributed by atoms with Crippen molar-refractivity contribution in [3.63, 3.8) is 0 Å². The Morgan fingerprint density at radius 3 is 2.50 bits per heavy atom. The third-order valence-electron chi connectivity index (χ3n) is 4.45. The average molecular weight is 357 g/mol. The summed E-state index contributed by atoms with van der Waals surface area (Å²) >= 11 is 0. The predicted molar refractivity (Wildman–Crippen MR) is 110 cm³/mol. The quantitative estimate of drug-likeness (QED) is 0.455. The van der Waals surface area contributed by atoms with Crippen LogP contribution in [0.3, 0.4) is 0 Å². The summed E-state index contributed by atoms with van der Waals surface area (Å²) in [6.07, 6.45) is 0.999. The second-order valence-corrected chi connectivity index (χ2v) is 6.86. The van der Waals surface area contributed by atoms with Crippen LogP contribution in [0.4, 0.5) is 5.69 Å². The van der Waals surface area contributed by atoms with E-state index in [2.05, 4.69) is 82.5 Å². The molecule has 0 atom stereocenters. The van der Waals surface area contributed by atoms with Gasteiger partial charge in [0, 0.05) is 52.2 Å². The highest BCUT2D eigenvalue weighted by atomic mass is 15.3. The highest BCUT2D eigenvalue weighted by Gasteiger charge is 2.04. The normalized spacial score (nSPS) is 11.5. The molecule has 0 saturated heterocycles. The Morgan fingerprint density at radius 1 is 1.15 bits per heavy atom. The first kappa shape index (κ1) is 19.8. The first-order valence-corrected chi connectivity index (χ1v) is 9.13. The average Bonchev–Trinajstić information content (AvgIpc) is 2.92. The van der Waals surface area contributed by atoms with E-state index >= 15 is 0 Å². The van der Waals surface area contributed by atoms with E-state index in [-0.39, 0.29) is 0 Å². The molecule has 1 aromatic heterocycles. The smallest absolute Gasteiger partial charge is 0.191 e. The number of aryl methyl sites for hydroxylation is 4. The van der Waals surface area contributed by atoms with E-state index in [0.717, 1.165) is 37.7 Å². The van der Waals surface area contributed by atoms with E-state index in [9.17, 15) is 0 Å². The maximum absolute atomic E-state index is 4.49. The number of aromatic nitrogens is 2. The van der Waals surface area contributed by atoms with Gasteiger partial charge in [-0.05, 0) is 56.5 Å². The minimum Gasteiger partial charge on any atom is -0.378 e. The Bertz CT molecular complexity index is 745. The minimum absolute atomic E-state index is 0.761. The zero-order chi connectivity index (χ0) is 19.1. The Balaban J connectivity index is 1.78. The van der Waals surface area contributed by atoms with Gasteiger partial charge in [0.05, 0.1) is 5.69 Å². The van der Waals surface area contributed by atoms with Crippen LogP contribution < -0.4 is 15.5 Å². The maximum Gasteiger partial charge on any atom is 0.191 e. The van der Waals surface area contributed by atoms with Crippen molar-refractivity contribution in [2.75, 3.05) is 32.6 Å². The highest BCUT2D eigenvalue weighted by molar-refractivity contribution is 5.79. The molecule has 0 fully saturated rings. The van der Waals surface area contributed by atoms with Crippen LogP contribution in [0.2, 0.25) is 0 Å². The van der Waals surface area contributed by atoms with Crippen LogP contribution in [0.5, 0.6) is 0 Å². The summed E-state index contributed by atoms with van der Waals surface area (Å²) < 4.78 is 2.06. The lowest BCUT2D eigenvalue weighted by Gasteiger charge is -2.16. The zero-order valence-electron chi connectivity index (χ0n) is 16.9. The van der Waals surface area contributed by atoms with E-state index in [0.29, 0.717) is 0 Å². The predicted octanol–water partition coefficient (Wildman–Crippen LogP) is 2.63. The summed E-state index contributed by atoms with van der Waals surface area (Å²) in [5, 5.41) is 11.3. The lowest BCUT2D eigenvalue weighted by molar-refractivity contribution is 0.555. The van der Waals surface area contributed by atoms with Crippen LogP contribution in [0.1, 0.15) is 28.9 Å². The number of nitrogens with zero attached hydrogens (tertiary/aromatic N) is 4. The lowest BCUT2D eigenvalue weighted by Crippen LogP contribution is -2.37. The van der Waals surface area contributed by atoms with E-state index < -0.39 is 0 Å². The van der Waals surface area contributed by atoms with Gasteiger partial charge in [0.15, 0.2) is 5.96 Å². The fraction of sp³-hybridized carbons (Fsp3) is 0.500. The Morgan fingerprint density at radius 2 is 1.92 bits per heavy atom. The molecule has 2 rings (SSSR count). The SMILES string of the molecule is CN=C(NCCCn1nc(C)cc1C)NCc1ccc(N(C)C)cc1C. The molecule has 0 unspecified atom stereocenters. The standard InChI is InChI=1S/C20H32N6/c1-15-12-19(25(5)6)9-8-18(15)14-23-20(21-4)22-10-7-11-26-17(3)13-16(2)24-26/h8-9,12-13H,7,10-11,14H2,1-6H3,(H2,21,22,23). The zero-order valence-corrected chi connectivity index (χ0v) is 16.9. The van der Waals surface area contributed by atoms with Crippen molar-refractivity contribution in [1.82, 2.24) is 20.4 Å². The molecule has 2 N–H and O–H groups in total. The van der Waals surface area contributed by atoms with Crippen LogP contribution in [0, 0.1) is 20.8 Å². The third-order valence-corrected chi connectivity index (χ3v) is 4.45. The van der Waals surface area contributed by atoms with Gasteiger partial charge in [-0.25, -0.2) is 0 Å². The van der Waals surface area contributed by atoms with Crippen LogP contribution >= 0.6 is 0 Å². The summed E-state index contributed by atoms with van der Waals surface area (Å²) in [5.41, 5.74) is 6.06. The molecular weight excluding hydrogens is 324 g/mol. The molecule has 0 spiro atoms. The van der Waals surface area contributed by atoms with E-state index in [4.69, 9.17) is 0 Å². The topological polar surface area (TPSA) is 57.5 Å². The number of benzene rings is 1. The number of anilines is 1. The first-order valence-electron chi connectivity index (χ1n) is 9.13. The number of aliphatic imine (C=N–C) groups is 1. The van der Waals surface area contributed by atoms with Crippen molar-refractivity contribution in [2.24, 2.45) is 4.99 Å². The minimum atomic E-state index is 0.761.